The molecule has 0 spiro atoms. The van der Waals surface area contributed by atoms with Gasteiger partial charge in [-0.15, -0.1) is 0 Å². The van der Waals surface area contributed by atoms with Crippen LogP contribution in [0, 0.1) is 5.92 Å². The van der Waals surface area contributed by atoms with E-state index in [9.17, 15) is 18.0 Å². The summed E-state index contributed by atoms with van der Waals surface area (Å²) in [5, 5.41) is 4.25. The molecule has 3 aromatic rings. The van der Waals surface area contributed by atoms with Crippen LogP contribution in [0.5, 0.6) is 5.88 Å². The van der Waals surface area contributed by atoms with E-state index >= 15 is 4.39 Å². The summed E-state index contributed by atoms with van der Waals surface area (Å²) >= 11 is 0. The van der Waals surface area contributed by atoms with Crippen molar-refractivity contribution in [2.45, 2.75) is 63.2 Å². The highest BCUT2D eigenvalue weighted by molar-refractivity contribution is 6.02. The van der Waals surface area contributed by atoms with Crippen LogP contribution in [0.15, 0.2) is 42.7 Å². The maximum Gasteiger partial charge on any atom is 0.422 e. The predicted molar refractivity (Wildman–Crippen MR) is 134 cm³/mol. The number of pyridine rings is 2. The number of hydrogen-bond acceptors (Lipinski definition) is 5. The van der Waals surface area contributed by atoms with Crippen molar-refractivity contribution in [2.24, 2.45) is 5.92 Å². The molecule has 1 aliphatic carbocycles. The second kappa shape index (κ2) is 11.0. The molecule has 0 aromatic carbocycles. The standard InChI is InChI=1S/C28H32F4N4O2/c29-27(10-6-20(7-11-27)17-25(37)22-18-33-36-13-2-1-3-24(22)36)12-16-35-14-8-21-4-5-26(34-23(21)9-15-35)38-19-28(30,31)32/h1-5,13,18,20H,6-12,14-17,19H2. The zero-order valence-corrected chi connectivity index (χ0v) is 21.2. The summed E-state index contributed by atoms with van der Waals surface area (Å²) in [4.78, 5) is 19.4. The van der Waals surface area contributed by atoms with E-state index in [4.69, 9.17) is 4.74 Å². The molecule has 0 N–H and O–H groups in total. The van der Waals surface area contributed by atoms with Gasteiger partial charge in [-0.25, -0.2) is 13.9 Å². The van der Waals surface area contributed by atoms with Crippen LogP contribution < -0.4 is 4.74 Å². The van der Waals surface area contributed by atoms with Crippen molar-refractivity contribution >= 4 is 11.3 Å². The smallest absolute Gasteiger partial charge is 0.422 e. The fourth-order valence-electron chi connectivity index (χ4n) is 5.60. The Hall–Kier alpha value is -3.01. The summed E-state index contributed by atoms with van der Waals surface area (Å²) in [6.07, 6.45) is 3.47. The molecule has 1 aliphatic heterocycles. The number of hydrogen-bond donors (Lipinski definition) is 0. The molecule has 1 saturated carbocycles. The number of nitrogens with zero attached hydrogens (tertiary/aromatic N) is 4. The zero-order valence-electron chi connectivity index (χ0n) is 21.2. The SMILES string of the molecule is O=C(CC1CCC(F)(CCN2CCc3ccc(OCC(F)(F)F)nc3CC2)CC1)c1cnn2ccccc12. The van der Waals surface area contributed by atoms with Crippen molar-refractivity contribution in [3.05, 3.63) is 59.5 Å². The Morgan fingerprint density at radius 3 is 2.68 bits per heavy atom. The third-order valence-electron chi connectivity index (χ3n) is 7.87. The molecule has 1 fully saturated rings. The highest BCUT2D eigenvalue weighted by atomic mass is 19.4. The van der Waals surface area contributed by atoms with Crippen molar-refractivity contribution in [1.29, 1.82) is 0 Å². The van der Waals surface area contributed by atoms with Crippen LogP contribution >= 0.6 is 0 Å². The predicted octanol–water partition coefficient (Wildman–Crippen LogP) is 5.63. The van der Waals surface area contributed by atoms with Gasteiger partial charge >= 0.3 is 6.18 Å². The highest BCUT2D eigenvalue weighted by Crippen LogP contribution is 2.39. The van der Waals surface area contributed by atoms with Crippen molar-refractivity contribution in [3.63, 3.8) is 0 Å². The third-order valence-corrected chi connectivity index (χ3v) is 7.87. The Morgan fingerprint density at radius 2 is 1.89 bits per heavy atom. The Kier molecular flexibility index (Phi) is 7.70. The molecule has 5 rings (SSSR count). The van der Waals surface area contributed by atoms with Crippen molar-refractivity contribution in [1.82, 2.24) is 19.5 Å². The van der Waals surface area contributed by atoms with Gasteiger partial charge in [0.1, 0.15) is 5.67 Å². The summed E-state index contributed by atoms with van der Waals surface area (Å²) in [5.41, 5.74) is 1.93. The fourth-order valence-corrected chi connectivity index (χ4v) is 5.60. The topological polar surface area (TPSA) is 59.7 Å². The number of carbonyl (C=O) groups is 1. The lowest BCUT2D eigenvalue weighted by Gasteiger charge is -2.35. The lowest BCUT2D eigenvalue weighted by Crippen LogP contribution is -2.36. The van der Waals surface area contributed by atoms with Crippen LogP contribution in [0.2, 0.25) is 0 Å². The number of carbonyl (C=O) groups excluding carboxylic acids is 1. The molecule has 3 aromatic heterocycles. The van der Waals surface area contributed by atoms with E-state index in [-0.39, 0.29) is 17.6 Å². The van der Waals surface area contributed by atoms with Crippen LogP contribution in [0.1, 0.15) is 60.1 Å². The van der Waals surface area contributed by atoms with Gasteiger partial charge in [-0.1, -0.05) is 12.1 Å². The molecule has 0 saturated heterocycles. The van der Waals surface area contributed by atoms with Gasteiger partial charge in [-0.05, 0) is 62.1 Å². The van der Waals surface area contributed by atoms with Crippen LogP contribution in [0.4, 0.5) is 17.6 Å². The fraction of sp³-hybridized carbons (Fsp3) is 0.536. The van der Waals surface area contributed by atoms with E-state index in [0.29, 0.717) is 63.6 Å². The summed E-state index contributed by atoms with van der Waals surface area (Å²) < 4.78 is 59.5. The number of ether oxygens (including phenoxy) is 1. The molecule has 6 nitrogen and oxygen atoms in total. The number of alkyl halides is 4. The van der Waals surface area contributed by atoms with Gasteiger partial charge in [0.2, 0.25) is 5.88 Å². The number of aromatic nitrogens is 3. The summed E-state index contributed by atoms with van der Waals surface area (Å²) in [7, 11) is 0. The highest BCUT2D eigenvalue weighted by Gasteiger charge is 2.36. The summed E-state index contributed by atoms with van der Waals surface area (Å²) in [6, 6.07) is 8.89. The molecular weight excluding hydrogens is 500 g/mol. The third kappa shape index (κ3) is 6.51. The first-order chi connectivity index (χ1) is 18.2. The average molecular weight is 533 g/mol. The van der Waals surface area contributed by atoms with E-state index < -0.39 is 18.5 Å². The first-order valence-electron chi connectivity index (χ1n) is 13.2. The Labute approximate surface area is 219 Å². The number of rotatable bonds is 8. The molecule has 0 bridgehead atoms. The van der Waals surface area contributed by atoms with E-state index in [1.807, 2.05) is 24.4 Å². The average Bonchev–Trinajstić information content (AvgIpc) is 3.22. The largest absolute Gasteiger partial charge is 0.468 e. The molecule has 4 heterocycles. The van der Waals surface area contributed by atoms with Gasteiger partial charge in [-0.3, -0.25) is 4.79 Å². The Morgan fingerprint density at radius 1 is 1.11 bits per heavy atom. The van der Waals surface area contributed by atoms with Crippen molar-refractivity contribution in [2.75, 3.05) is 26.2 Å². The number of halogens is 4. The van der Waals surface area contributed by atoms with Gasteiger partial charge in [0.05, 0.1) is 17.3 Å². The van der Waals surface area contributed by atoms with Crippen molar-refractivity contribution in [3.8, 4) is 5.88 Å². The van der Waals surface area contributed by atoms with E-state index in [0.717, 1.165) is 29.7 Å². The first-order valence-corrected chi connectivity index (χ1v) is 13.2. The van der Waals surface area contributed by atoms with Gasteiger partial charge in [0.25, 0.3) is 0 Å². The minimum atomic E-state index is -4.41. The Balaban J connectivity index is 1.08. The second-order valence-corrected chi connectivity index (χ2v) is 10.6. The van der Waals surface area contributed by atoms with Gasteiger partial charge in [0, 0.05) is 50.4 Å². The van der Waals surface area contributed by atoms with Crippen molar-refractivity contribution < 1.29 is 27.1 Å². The van der Waals surface area contributed by atoms with Gasteiger partial charge in [-0.2, -0.15) is 18.3 Å². The number of fused-ring (bicyclic) bond motifs is 2. The molecule has 0 amide bonds. The second-order valence-electron chi connectivity index (χ2n) is 10.6. The van der Waals surface area contributed by atoms with Gasteiger partial charge < -0.3 is 9.64 Å². The van der Waals surface area contributed by atoms with E-state index in [1.54, 1.807) is 16.8 Å². The van der Waals surface area contributed by atoms with Crippen LogP contribution in [-0.2, 0) is 12.8 Å². The van der Waals surface area contributed by atoms with E-state index in [2.05, 4.69) is 15.0 Å². The molecule has 0 unspecified atom stereocenters. The molecular formula is C28H32F4N4O2. The molecule has 38 heavy (non-hydrogen) atoms. The maximum absolute atomic E-state index is 15.7. The molecule has 0 radical (unpaired) electrons. The summed E-state index contributed by atoms with van der Waals surface area (Å²) in [6.45, 7) is 0.688. The van der Waals surface area contributed by atoms with Crippen LogP contribution in [0.25, 0.3) is 5.52 Å². The quantitative estimate of drug-likeness (QED) is 0.278. The monoisotopic (exact) mass is 532 g/mol. The Bertz CT molecular complexity index is 1270. The number of Topliss-reactive ketones (excluding diaryl/α,β-unsaturated/α-hetero) is 1. The molecule has 204 valence electrons. The van der Waals surface area contributed by atoms with Crippen LogP contribution in [-0.4, -0.2) is 63.4 Å². The zero-order chi connectivity index (χ0) is 26.8. The maximum atomic E-state index is 15.7. The first kappa shape index (κ1) is 26.6. The summed E-state index contributed by atoms with van der Waals surface area (Å²) in [5.74, 6) is 0.221. The normalized spacial score (nSPS) is 22.7. The minimum absolute atomic E-state index is 0.0194. The van der Waals surface area contributed by atoms with Gasteiger partial charge in [0.15, 0.2) is 12.4 Å². The molecule has 10 heteroatoms. The number of ketones is 1. The van der Waals surface area contributed by atoms with Crippen LogP contribution in [0.3, 0.4) is 0 Å². The van der Waals surface area contributed by atoms with E-state index in [1.165, 1.54) is 6.07 Å². The lowest BCUT2D eigenvalue weighted by atomic mass is 9.76. The minimum Gasteiger partial charge on any atom is -0.468 e. The molecule has 2 aliphatic rings. The lowest BCUT2D eigenvalue weighted by molar-refractivity contribution is -0.154. The molecule has 0 atom stereocenters.